The Labute approximate surface area is 265 Å². The van der Waals surface area contributed by atoms with Gasteiger partial charge < -0.3 is 10.2 Å². The SMILES string of the molecule is Cc1ccc(CN(C(=O)CN(c2cccc(C)c2)S(=O)(=O)c2ccc(Cl)cc2)[C@@H](Cc2ccccc2)C(=O)NC(C)C)cc1. The fourth-order valence-electron chi connectivity index (χ4n) is 4.87. The molecular weight excluding hydrogens is 594 g/mol. The van der Waals surface area contributed by atoms with Crippen LogP contribution in [0.1, 0.15) is 36.1 Å². The summed E-state index contributed by atoms with van der Waals surface area (Å²) in [7, 11) is -4.19. The average molecular weight is 632 g/mol. The van der Waals surface area contributed by atoms with Gasteiger partial charge in [-0.1, -0.05) is 83.9 Å². The van der Waals surface area contributed by atoms with Gasteiger partial charge in [-0.15, -0.1) is 0 Å². The summed E-state index contributed by atoms with van der Waals surface area (Å²) in [5.74, 6) is -0.823. The van der Waals surface area contributed by atoms with E-state index in [0.717, 1.165) is 26.6 Å². The van der Waals surface area contributed by atoms with Crippen LogP contribution in [0.5, 0.6) is 0 Å². The number of carbonyl (C=O) groups excluding carboxylic acids is 2. The molecule has 4 rings (SSSR count). The van der Waals surface area contributed by atoms with Crippen LogP contribution in [0, 0.1) is 13.8 Å². The molecule has 0 saturated heterocycles. The van der Waals surface area contributed by atoms with E-state index in [-0.39, 0.29) is 29.8 Å². The van der Waals surface area contributed by atoms with E-state index in [9.17, 15) is 18.0 Å². The molecule has 230 valence electrons. The van der Waals surface area contributed by atoms with Crippen molar-refractivity contribution < 1.29 is 18.0 Å². The molecule has 1 N–H and O–H groups in total. The van der Waals surface area contributed by atoms with E-state index < -0.39 is 28.5 Å². The molecule has 4 aromatic rings. The molecule has 0 aliphatic carbocycles. The number of nitrogens with zero attached hydrogens (tertiary/aromatic N) is 2. The minimum Gasteiger partial charge on any atom is -0.352 e. The van der Waals surface area contributed by atoms with Crippen molar-refractivity contribution in [2.75, 3.05) is 10.8 Å². The number of sulfonamides is 1. The van der Waals surface area contributed by atoms with Crippen LogP contribution >= 0.6 is 11.6 Å². The quantitative estimate of drug-likeness (QED) is 0.198. The smallest absolute Gasteiger partial charge is 0.264 e. The molecule has 4 aromatic carbocycles. The van der Waals surface area contributed by atoms with Gasteiger partial charge in [-0.05, 0) is 80.8 Å². The Morgan fingerprint density at radius 2 is 1.45 bits per heavy atom. The van der Waals surface area contributed by atoms with Crippen LogP contribution in [-0.4, -0.2) is 43.8 Å². The lowest BCUT2D eigenvalue weighted by atomic mass is 10.0. The summed E-state index contributed by atoms with van der Waals surface area (Å²) in [4.78, 5) is 29.7. The summed E-state index contributed by atoms with van der Waals surface area (Å²) in [5.41, 5.74) is 3.94. The fourth-order valence-corrected chi connectivity index (χ4v) is 6.40. The van der Waals surface area contributed by atoms with Crippen LogP contribution in [0.25, 0.3) is 0 Å². The summed E-state index contributed by atoms with van der Waals surface area (Å²) < 4.78 is 29.3. The molecule has 9 heteroatoms. The zero-order chi connectivity index (χ0) is 31.9. The van der Waals surface area contributed by atoms with Gasteiger partial charge in [0.05, 0.1) is 10.6 Å². The van der Waals surface area contributed by atoms with E-state index in [4.69, 9.17) is 11.6 Å². The molecule has 0 heterocycles. The van der Waals surface area contributed by atoms with Crippen molar-refractivity contribution in [1.82, 2.24) is 10.2 Å². The van der Waals surface area contributed by atoms with Gasteiger partial charge in [-0.3, -0.25) is 13.9 Å². The number of amides is 2. The first kappa shape index (κ1) is 32.8. The molecule has 0 fully saturated rings. The molecule has 44 heavy (non-hydrogen) atoms. The molecule has 0 saturated carbocycles. The number of benzene rings is 4. The second kappa shape index (κ2) is 14.6. The Bertz CT molecular complexity index is 1680. The van der Waals surface area contributed by atoms with Gasteiger partial charge >= 0.3 is 0 Å². The normalized spacial score (nSPS) is 12.0. The fraction of sp³-hybridized carbons (Fsp3) is 0.257. The molecule has 2 amide bonds. The maximum Gasteiger partial charge on any atom is 0.264 e. The van der Waals surface area contributed by atoms with Crippen molar-refractivity contribution in [3.8, 4) is 0 Å². The van der Waals surface area contributed by atoms with Crippen molar-refractivity contribution in [3.05, 3.63) is 130 Å². The van der Waals surface area contributed by atoms with Crippen LogP contribution in [0.4, 0.5) is 5.69 Å². The standard InChI is InChI=1S/C35H38ClN3O4S/c1-25(2)37-35(41)33(22-28-10-6-5-7-11-28)38(23-29-15-13-26(3)14-16-29)34(40)24-39(31-12-8-9-27(4)21-31)44(42,43)32-19-17-30(36)18-20-32/h5-21,25,33H,22-24H2,1-4H3,(H,37,41)/t33-/m0/s1. The molecule has 0 spiro atoms. The highest BCUT2D eigenvalue weighted by Gasteiger charge is 2.34. The van der Waals surface area contributed by atoms with Gasteiger partial charge in [0, 0.05) is 24.0 Å². The van der Waals surface area contributed by atoms with Crippen LogP contribution in [0.2, 0.25) is 5.02 Å². The van der Waals surface area contributed by atoms with Gasteiger partial charge in [0.15, 0.2) is 0 Å². The van der Waals surface area contributed by atoms with E-state index >= 15 is 0 Å². The Morgan fingerprint density at radius 1 is 0.795 bits per heavy atom. The number of nitrogens with one attached hydrogen (secondary N) is 1. The third-order valence-corrected chi connectivity index (χ3v) is 9.19. The number of hydrogen-bond donors (Lipinski definition) is 1. The number of hydrogen-bond acceptors (Lipinski definition) is 4. The van der Waals surface area contributed by atoms with Crippen molar-refractivity contribution >= 4 is 39.1 Å². The number of carbonyl (C=O) groups is 2. The highest BCUT2D eigenvalue weighted by atomic mass is 35.5. The second-order valence-electron chi connectivity index (χ2n) is 11.2. The number of aryl methyl sites for hydroxylation is 2. The largest absolute Gasteiger partial charge is 0.352 e. The van der Waals surface area contributed by atoms with Gasteiger partial charge in [0.25, 0.3) is 10.0 Å². The third kappa shape index (κ3) is 8.49. The lowest BCUT2D eigenvalue weighted by Crippen LogP contribution is -2.54. The van der Waals surface area contributed by atoms with Crippen molar-refractivity contribution in [1.29, 1.82) is 0 Å². The molecule has 0 aliphatic heterocycles. The van der Waals surface area contributed by atoms with E-state index in [2.05, 4.69) is 5.32 Å². The first-order chi connectivity index (χ1) is 20.9. The van der Waals surface area contributed by atoms with Crippen molar-refractivity contribution in [3.63, 3.8) is 0 Å². The zero-order valence-electron chi connectivity index (χ0n) is 25.4. The minimum atomic E-state index is -4.19. The summed E-state index contributed by atoms with van der Waals surface area (Å²) in [6, 6.07) is 29.0. The van der Waals surface area contributed by atoms with E-state index in [0.29, 0.717) is 10.7 Å². The minimum absolute atomic E-state index is 0.000299. The highest BCUT2D eigenvalue weighted by Crippen LogP contribution is 2.27. The zero-order valence-corrected chi connectivity index (χ0v) is 27.0. The summed E-state index contributed by atoms with van der Waals surface area (Å²) >= 11 is 6.05. The van der Waals surface area contributed by atoms with Crippen LogP contribution < -0.4 is 9.62 Å². The van der Waals surface area contributed by atoms with Gasteiger partial charge in [0.2, 0.25) is 11.8 Å². The number of halogens is 1. The number of rotatable bonds is 12. The van der Waals surface area contributed by atoms with Gasteiger partial charge in [-0.2, -0.15) is 0 Å². The second-order valence-corrected chi connectivity index (χ2v) is 13.5. The molecule has 0 aromatic heterocycles. The predicted molar refractivity (Wildman–Crippen MR) is 176 cm³/mol. The van der Waals surface area contributed by atoms with Crippen LogP contribution in [-0.2, 0) is 32.6 Å². The van der Waals surface area contributed by atoms with E-state index in [1.807, 2.05) is 88.4 Å². The highest BCUT2D eigenvalue weighted by molar-refractivity contribution is 7.92. The Hall–Kier alpha value is -4.14. The summed E-state index contributed by atoms with van der Waals surface area (Å²) in [6.07, 6.45) is 0.255. The molecule has 0 aliphatic rings. The Balaban J connectivity index is 1.80. The summed E-state index contributed by atoms with van der Waals surface area (Å²) in [5, 5.41) is 3.36. The monoisotopic (exact) mass is 631 g/mol. The maximum atomic E-state index is 14.5. The molecule has 0 unspecified atom stereocenters. The Morgan fingerprint density at radius 3 is 2.07 bits per heavy atom. The Kier molecular flexibility index (Phi) is 10.8. The van der Waals surface area contributed by atoms with Crippen molar-refractivity contribution in [2.45, 2.75) is 57.6 Å². The molecule has 7 nitrogen and oxygen atoms in total. The van der Waals surface area contributed by atoms with Gasteiger partial charge in [0.1, 0.15) is 12.6 Å². The summed E-state index contributed by atoms with van der Waals surface area (Å²) in [6.45, 7) is 7.16. The van der Waals surface area contributed by atoms with E-state index in [1.165, 1.54) is 29.2 Å². The molecular formula is C35H38ClN3O4S. The molecule has 0 bridgehead atoms. The molecule has 1 atom stereocenters. The number of anilines is 1. The third-order valence-electron chi connectivity index (χ3n) is 7.15. The lowest BCUT2D eigenvalue weighted by molar-refractivity contribution is -0.140. The van der Waals surface area contributed by atoms with E-state index in [1.54, 1.807) is 18.2 Å². The lowest BCUT2D eigenvalue weighted by Gasteiger charge is -2.34. The van der Waals surface area contributed by atoms with Crippen LogP contribution in [0.3, 0.4) is 0 Å². The predicted octanol–water partition coefficient (Wildman–Crippen LogP) is 6.32. The average Bonchev–Trinajstić information content (AvgIpc) is 2.98. The molecule has 0 radical (unpaired) electrons. The van der Waals surface area contributed by atoms with Gasteiger partial charge in [-0.25, -0.2) is 8.42 Å². The first-order valence-electron chi connectivity index (χ1n) is 14.5. The first-order valence-corrected chi connectivity index (χ1v) is 16.3. The topological polar surface area (TPSA) is 86.8 Å². The van der Waals surface area contributed by atoms with Crippen molar-refractivity contribution in [2.24, 2.45) is 0 Å². The maximum absolute atomic E-state index is 14.5. The van der Waals surface area contributed by atoms with Crippen LogP contribution in [0.15, 0.2) is 108 Å².